The van der Waals surface area contributed by atoms with Gasteiger partial charge in [-0.15, -0.1) is 0 Å². The average molecular weight is 439 g/mol. The van der Waals surface area contributed by atoms with Gasteiger partial charge in [-0.05, 0) is 34.7 Å². The molecule has 146 valence electrons. The van der Waals surface area contributed by atoms with Crippen molar-refractivity contribution in [3.63, 3.8) is 0 Å². The third-order valence-electron chi connectivity index (χ3n) is 4.75. The maximum atomic E-state index is 12.7. The van der Waals surface area contributed by atoms with E-state index in [1.807, 2.05) is 13.8 Å². The lowest BCUT2D eigenvalue weighted by Gasteiger charge is -2.26. The molecule has 3 heterocycles. The molecule has 1 atom stereocenters. The smallest absolute Gasteiger partial charge is 0.266 e. The zero-order chi connectivity index (χ0) is 19.7. The maximum absolute atomic E-state index is 12.7. The summed E-state index contributed by atoms with van der Waals surface area (Å²) in [5, 5.41) is 7.22. The number of aryl methyl sites for hydroxylation is 1. The van der Waals surface area contributed by atoms with Gasteiger partial charge in [-0.1, -0.05) is 13.8 Å². The van der Waals surface area contributed by atoms with Gasteiger partial charge in [-0.3, -0.25) is 19.0 Å². The van der Waals surface area contributed by atoms with Crippen LogP contribution in [-0.2, 0) is 23.2 Å². The minimum Gasteiger partial charge on any atom is -0.342 e. The number of carbonyl (C=O) groups excluding carboxylic acids is 2. The number of hydrogen-bond acceptors (Lipinski definition) is 5. The van der Waals surface area contributed by atoms with E-state index in [1.54, 1.807) is 11.9 Å². The fraction of sp³-hybridized carbons (Fsp3) is 0.588. The van der Waals surface area contributed by atoms with E-state index in [0.29, 0.717) is 15.6 Å². The molecule has 0 spiro atoms. The van der Waals surface area contributed by atoms with Gasteiger partial charge in [0.25, 0.3) is 5.56 Å². The Balaban J connectivity index is 1.77. The van der Waals surface area contributed by atoms with E-state index in [0.717, 1.165) is 25.9 Å². The molecule has 0 unspecified atom stereocenters. The standard InChI is InChI=1S/C17H23BrN6O3/c1-10(2)13(17(27)23-6-4-5-7-23)20-11(25)8-24-9-19-15-12(16(24)26)14(18)21-22(15)3/h9-10,13H,4-8H2,1-3H3,(H,20,25)/t13-/m0/s1. The van der Waals surface area contributed by atoms with Crippen LogP contribution in [0.25, 0.3) is 11.0 Å². The number of nitrogens with zero attached hydrogens (tertiary/aromatic N) is 5. The van der Waals surface area contributed by atoms with Gasteiger partial charge in [0.2, 0.25) is 11.8 Å². The second-order valence-electron chi connectivity index (χ2n) is 7.11. The summed E-state index contributed by atoms with van der Waals surface area (Å²) in [7, 11) is 1.69. The number of likely N-dealkylation sites (tertiary alicyclic amines) is 1. The summed E-state index contributed by atoms with van der Waals surface area (Å²) in [5.74, 6) is -0.511. The summed E-state index contributed by atoms with van der Waals surface area (Å²) in [5.41, 5.74) is 0.0786. The van der Waals surface area contributed by atoms with Gasteiger partial charge in [0, 0.05) is 20.1 Å². The first kappa shape index (κ1) is 19.5. The van der Waals surface area contributed by atoms with Crippen LogP contribution in [0.15, 0.2) is 15.7 Å². The van der Waals surface area contributed by atoms with Crippen molar-refractivity contribution in [1.82, 2.24) is 29.5 Å². The van der Waals surface area contributed by atoms with E-state index in [2.05, 4.69) is 31.3 Å². The fourth-order valence-electron chi connectivity index (χ4n) is 3.27. The van der Waals surface area contributed by atoms with E-state index in [9.17, 15) is 14.4 Å². The van der Waals surface area contributed by atoms with Gasteiger partial charge in [0.1, 0.15) is 28.9 Å². The highest BCUT2D eigenvalue weighted by Gasteiger charge is 2.30. The van der Waals surface area contributed by atoms with Crippen LogP contribution in [0.2, 0.25) is 0 Å². The number of fused-ring (bicyclic) bond motifs is 1. The highest BCUT2D eigenvalue weighted by atomic mass is 79.9. The van der Waals surface area contributed by atoms with E-state index >= 15 is 0 Å². The lowest BCUT2D eigenvalue weighted by atomic mass is 10.0. The van der Waals surface area contributed by atoms with Crippen molar-refractivity contribution >= 4 is 38.8 Å². The summed E-state index contributed by atoms with van der Waals surface area (Å²) >= 11 is 3.25. The molecule has 9 nitrogen and oxygen atoms in total. The van der Waals surface area contributed by atoms with Crippen molar-refractivity contribution in [1.29, 1.82) is 0 Å². The molecule has 1 saturated heterocycles. The molecule has 27 heavy (non-hydrogen) atoms. The van der Waals surface area contributed by atoms with Crippen molar-refractivity contribution in [2.75, 3.05) is 13.1 Å². The molecule has 1 fully saturated rings. The molecular weight excluding hydrogens is 416 g/mol. The van der Waals surface area contributed by atoms with Crippen LogP contribution < -0.4 is 10.9 Å². The average Bonchev–Trinajstić information content (AvgIpc) is 3.23. The predicted molar refractivity (Wildman–Crippen MR) is 103 cm³/mol. The largest absolute Gasteiger partial charge is 0.342 e. The minimum absolute atomic E-state index is 0.0492. The second-order valence-corrected chi connectivity index (χ2v) is 7.86. The van der Waals surface area contributed by atoms with Gasteiger partial charge in [-0.2, -0.15) is 5.10 Å². The first-order valence-electron chi connectivity index (χ1n) is 8.95. The van der Waals surface area contributed by atoms with Gasteiger partial charge in [-0.25, -0.2) is 9.67 Å². The molecule has 3 rings (SSSR count). The fourth-order valence-corrected chi connectivity index (χ4v) is 3.85. The van der Waals surface area contributed by atoms with E-state index in [4.69, 9.17) is 0 Å². The third-order valence-corrected chi connectivity index (χ3v) is 5.30. The van der Waals surface area contributed by atoms with E-state index in [1.165, 1.54) is 15.6 Å². The summed E-state index contributed by atoms with van der Waals surface area (Å²) < 4.78 is 3.10. The first-order chi connectivity index (χ1) is 12.8. The Kier molecular flexibility index (Phi) is 5.64. The Bertz CT molecular complexity index is 929. The maximum Gasteiger partial charge on any atom is 0.266 e. The molecule has 0 bridgehead atoms. The SMILES string of the molecule is CC(C)[C@H](NC(=O)Cn1cnc2c(c(Br)nn2C)c1=O)C(=O)N1CCCC1. The Hall–Kier alpha value is -2.23. The molecule has 0 radical (unpaired) electrons. The van der Waals surface area contributed by atoms with E-state index < -0.39 is 11.9 Å². The number of nitrogens with one attached hydrogen (secondary N) is 1. The number of carbonyl (C=O) groups is 2. The summed E-state index contributed by atoms with van der Waals surface area (Å²) in [6.45, 7) is 5.04. The monoisotopic (exact) mass is 438 g/mol. The highest BCUT2D eigenvalue weighted by molar-refractivity contribution is 9.10. The number of halogens is 1. The molecule has 1 aliphatic rings. The second kappa shape index (κ2) is 7.79. The number of amides is 2. The quantitative estimate of drug-likeness (QED) is 0.738. The van der Waals surface area contributed by atoms with Crippen molar-refractivity contribution in [3.8, 4) is 0 Å². The zero-order valence-corrected chi connectivity index (χ0v) is 17.2. The highest BCUT2D eigenvalue weighted by Crippen LogP contribution is 2.17. The van der Waals surface area contributed by atoms with Crippen LogP contribution in [0.5, 0.6) is 0 Å². The number of aromatic nitrogens is 4. The Morgan fingerprint density at radius 2 is 1.96 bits per heavy atom. The molecule has 2 amide bonds. The van der Waals surface area contributed by atoms with Crippen molar-refractivity contribution < 1.29 is 9.59 Å². The normalized spacial score (nSPS) is 15.5. The molecule has 1 aliphatic heterocycles. The molecule has 0 saturated carbocycles. The van der Waals surface area contributed by atoms with Crippen LogP contribution in [0, 0.1) is 5.92 Å². The lowest BCUT2D eigenvalue weighted by molar-refractivity contribution is -0.137. The summed E-state index contributed by atoms with van der Waals surface area (Å²) in [6, 6.07) is -0.604. The molecular formula is C17H23BrN6O3. The van der Waals surface area contributed by atoms with Crippen molar-refractivity contribution in [2.24, 2.45) is 13.0 Å². The van der Waals surface area contributed by atoms with Crippen molar-refractivity contribution in [3.05, 3.63) is 21.3 Å². The predicted octanol–water partition coefficient (Wildman–Crippen LogP) is 0.656. The van der Waals surface area contributed by atoms with Gasteiger partial charge in [0.15, 0.2) is 5.65 Å². The molecule has 1 N–H and O–H groups in total. The molecule has 0 aliphatic carbocycles. The van der Waals surface area contributed by atoms with Crippen LogP contribution >= 0.6 is 15.9 Å². The Morgan fingerprint density at radius 1 is 1.30 bits per heavy atom. The third kappa shape index (κ3) is 3.90. The van der Waals surface area contributed by atoms with Crippen LogP contribution in [0.3, 0.4) is 0 Å². The van der Waals surface area contributed by atoms with Gasteiger partial charge >= 0.3 is 0 Å². The number of hydrogen-bond donors (Lipinski definition) is 1. The zero-order valence-electron chi connectivity index (χ0n) is 15.6. The summed E-state index contributed by atoms with van der Waals surface area (Å²) in [6.07, 6.45) is 3.31. The van der Waals surface area contributed by atoms with Crippen LogP contribution in [0.1, 0.15) is 26.7 Å². The molecule has 2 aromatic rings. The molecule has 0 aromatic carbocycles. The lowest BCUT2D eigenvalue weighted by Crippen LogP contribution is -2.51. The van der Waals surface area contributed by atoms with Crippen LogP contribution in [-0.4, -0.2) is 55.2 Å². The van der Waals surface area contributed by atoms with Crippen LogP contribution in [0.4, 0.5) is 0 Å². The topological polar surface area (TPSA) is 102 Å². The summed E-state index contributed by atoms with van der Waals surface area (Å²) in [4.78, 5) is 43.8. The molecule has 10 heteroatoms. The van der Waals surface area contributed by atoms with Gasteiger partial charge in [0.05, 0.1) is 0 Å². The Morgan fingerprint density at radius 3 is 2.59 bits per heavy atom. The number of rotatable bonds is 5. The van der Waals surface area contributed by atoms with E-state index in [-0.39, 0.29) is 23.9 Å². The Labute approximate surface area is 164 Å². The minimum atomic E-state index is -0.604. The van der Waals surface area contributed by atoms with Crippen molar-refractivity contribution in [2.45, 2.75) is 39.3 Å². The first-order valence-corrected chi connectivity index (χ1v) is 9.74. The molecule has 2 aromatic heterocycles. The van der Waals surface area contributed by atoms with Gasteiger partial charge < -0.3 is 10.2 Å².